The molecule has 0 bridgehead atoms. The Bertz CT molecular complexity index is 309. The largest absolute Gasteiger partial charge is 0.383 e. The van der Waals surface area contributed by atoms with Gasteiger partial charge in [-0.2, -0.15) is 0 Å². The van der Waals surface area contributed by atoms with E-state index in [1.165, 1.54) is 38.8 Å². The molecule has 5 nitrogen and oxygen atoms in total. The van der Waals surface area contributed by atoms with E-state index in [4.69, 9.17) is 4.74 Å². The quantitative estimate of drug-likeness (QED) is 0.389. The van der Waals surface area contributed by atoms with E-state index < -0.39 is 0 Å². The number of hydrogen-bond donors (Lipinski definition) is 2. The van der Waals surface area contributed by atoms with Gasteiger partial charge in [-0.1, -0.05) is 6.42 Å². The van der Waals surface area contributed by atoms with Gasteiger partial charge in [-0.25, -0.2) is 0 Å². The van der Waals surface area contributed by atoms with Crippen molar-refractivity contribution in [1.29, 1.82) is 0 Å². The highest BCUT2D eigenvalue weighted by Crippen LogP contribution is 2.16. The summed E-state index contributed by atoms with van der Waals surface area (Å²) in [7, 11) is 1.73. The van der Waals surface area contributed by atoms with E-state index in [0.29, 0.717) is 6.61 Å². The van der Waals surface area contributed by atoms with Gasteiger partial charge in [-0.05, 0) is 59.5 Å². The minimum absolute atomic E-state index is 0.275. The fourth-order valence-corrected chi connectivity index (χ4v) is 2.95. The standard InChI is InChI=1S/C17H36N4O/c1-5-18-17(20-15(2)14-22-4)19-11-7-9-13-21-12-8-6-10-16(21)3/h15-16H,5-14H2,1-4H3,(H2,18,19,20). The Morgan fingerprint density at radius 3 is 2.86 bits per heavy atom. The van der Waals surface area contributed by atoms with Crippen LogP contribution in [0.5, 0.6) is 0 Å². The van der Waals surface area contributed by atoms with Crippen molar-refractivity contribution in [2.75, 3.05) is 39.9 Å². The molecule has 5 heteroatoms. The van der Waals surface area contributed by atoms with Crippen LogP contribution >= 0.6 is 0 Å². The first-order chi connectivity index (χ1) is 10.7. The summed E-state index contributed by atoms with van der Waals surface area (Å²) in [5.41, 5.74) is 0. The summed E-state index contributed by atoms with van der Waals surface area (Å²) in [6, 6.07) is 1.04. The van der Waals surface area contributed by atoms with Crippen LogP contribution in [0.25, 0.3) is 0 Å². The van der Waals surface area contributed by atoms with Gasteiger partial charge in [-0.3, -0.25) is 4.99 Å². The Kier molecular flexibility index (Phi) is 10.2. The van der Waals surface area contributed by atoms with E-state index in [0.717, 1.165) is 31.5 Å². The smallest absolute Gasteiger partial charge is 0.191 e. The van der Waals surface area contributed by atoms with E-state index in [1.54, 1.807) is 7.11 Å². The summed E-state index contributed by atoms with van der Waals surface area (Å²) in [4.78, 5) is 7.29. The molecule has 0 amide bonds. The highest BCUT2D eigenvalue weighted by Gasteiger charge is 2.16. The maximum Gasteiger partial charge on any atom is 0.191 e. The summed E-state index contributed by atoms with van der Waals surface area (Å²) >= 11 is 0. The zero-order valence-corrected chi connectivity index (χ0v) is 15.0. The van der Waals surface area contributed by atoms with Gasteiger partial charge in [0.15, 0.2) is 5.96 Å². The number of piperidine rings is 1. The van der Waals surface area contributed by atoms with Gasteiger partial charge in [0.2, 0.25) is 0 Å². The first kappa shape index (κ1) is 19.2. The average Bonchev–Trinajstić information content (AvgIpc) is 2.49. The molecule has 0 spiro atoms. The molecule has 2 N–H and O–H groups in total. The number of guanidine groups is 1. The predicted octanol–water partition coefficient (Wildman–Crippen LogP) is 2.23. The normalized spacial score (nSPS) is 21.6. The fourth-order valence-electron chi connectivity index (χ4n) is 2.95. The molecule has 1 heterocycles. The molecular weight excluding hydrogens is 276 g/mol. The lowest BCUT2D eigenvalue weighted by Gasteiger charge is -2.33. The molecule has 0 aromatic carbocycles. The van der Waals surface area contributed by atoms with E-state index >= 15 is 0 Å². The summed E-state index contributed by atoms with van der Waals surface area (Å²) < 4.78 is 5.15. The first-order valence-corrected chi connectivity index (χ1v) is 8.95. The lowest BCUT2D eigenvalue weighted by molar-refractivity contribution is 0.158. The van der Waals surface area contributed by atoms with Gasteiger partial charge in [-0.15, -0.1) is 0 Å². The Hall–Kier alpha value is -0.810. The Morgan fingerprint density at radius 1 is 1.36 bits per heavy atom. The third-order valence-corrected chi connectivity index (χ3v) is 4.21. The van der Waals surface area contributed by atoms with Crippen LogP contribution in [0.1, 0.15) is 52.9 Å². The van der Waals surface area contributed by atoms with Crippen molar-refractivity contribution in [2.45, 2.75) is 65.0 Å². The summed E-state index contributed by atoms with van der Waals surface area (Å²) in [5, 5.41) is 6.66. The third-order valence-electron chi connectivity index (χ3n) is 4.21. The number of nitrogens with one attached hydrogen (secondary N) is 2. The molecule has 0 radical (unpaired) electrons. The Labute approximate surface area is 136 Å². The van der Waals surface area contributed by atoms with Crippen LogP contribution in [-0.4, -0.2) is 62.8 Å². The van der Waals surface area contributed by atoms with Crippen molar-refractivity contribution in [1.82, 2.24) is 15.5 Å². The minimum atomic E-state index is 0.275. The highest BCUT2D eigenvalue weighted by atomic mass is 16.5. The van der Waals surface area contributed by atoms with Crippen LogP contribution in [0.3, 0.4) is 0 Å². The van der Waals surface area contributed by atoms with Crippen molar-refractivity contribution in [3.8, 4) is 0 Å². The SMILES string of the molecule is CCNC(=NCCCCN1CCCCC1C)NC(C)COC. The molecule has 2 atom stereocenters. The third kappa shape index (κ3) is 7.99. The number of hydrogen-bond acceptors (Lipinski definition) is 3. The number of likely N-dealkylation sites (tertiary alicyclic amines) is 1. The van der Waals surface area contributed by atoms with E-state index in [1.807, 2.05) is 0 Å². The van der Waals surface area contributed by atoms with E-state index in [2.05, 4.69) is 41.3 Å². The summed E-state index contributed by atoms with van der Waals surface area (Å²) in [6.07, 6.45) is 6.52. The van der Waals surface area contributed by atoms with Gasteiger partial charge in [0.05, 0.1) is 6.61 Å². The molecule has 1 rings (SSSR count). The zero-order chi connectivity index (χ0) is 16.2. The van der Waals surface area contributed by atoms with Crippen molar-refractivity contribution in [2.24, 2.45) is 4.99 Å². The molecule has 1 saturated heterocycles. The predicted molar refractivity (Wildman–Crippen MR) is 94.6 cm³/mol. The zero-order valence-electron chi connectivity index (χ0n) is 15.0. The first-order valence-electron chi connectivity index (χ1n) is 8.95. The van der Waals surface area contributed by atoms with Crippen LogP contribution in [0.15, 0.2) is 4.99 Å². The van der Waals surface area contributed by atoms with Crippen molar-refractivity contribution >= 4 is 5.96 Å². The summed E-state index contributed by atoms with van der Waals surface area (Å²) in [5.74, 6) is 0.901. The monoisotopic (exact) mass is 312 g/mol. The number of ether oxygens (including phenoxy) is 1. The number of methoxy groups -OCH3 is 1. The van der Waals surface area contributed by atoms with Gasteiger partial charge in [0, 0.05) is 32.3 Å². The number of aliphatic imine (C=N–C) groups is 1. The van der Waals surface area contributed by atoms with E-state index in [9.17, 15) is 0 Å². The van der Waals surface area contributed by atoms with Gasteiger partial charge in [0.25, 0.3) is 0 Å². The van der Waals surface area contributed by atoms with Crippen LogP contribution < -0.4 is 10.6 Å². The molecular formula is C17H36N4O. The number of nitrogens with zero attached hydrogens (tertiary/aromatic N) is 2. The topological polar surface area (TPSA) is 48.9 Å². The summed E-state index contributed by atoms with van der Waals surface area (Å²) in [6.45, 7) is 11.5. The lowest BCUT2D eigenvalue weighted by atomic mass is 10.0. The van der Waals surface area contributed by atoms with Crippen LogP contribution in [0, 0.1) is 0 Å². The van der Waals surface area contributed by atoms with Gasteiger partial charge in [0.1, 0.15) is 0 Å². The molecule has 0 aliphatic carbocycles. The minimum Gasteiger partial charge on any atom is -0.383 e. The fraction of sp³-hybridized carbons (Fsp3) is 0.941. The van der Waals surface area contributed by atoms with Crippen molar-refractivity contribution in [3.05, 3.63) is 0 Å². The molecule has 130 valence electrons. The molecule has 0 aromatic rings. The second-order valence-electron chi connectivity index (χ2n) is 6.35. The molecule has 0 aromatic heterocycles. The molecule has 0 saturated carbocycles. The Morgan fingerprint density at radius 2 is 2.18 bits per heavy atom. The molecule has 1 fully saturated rings. The molecule has 1 aliphatic rings. The number of unbranched alkanes of at least 4 members (excludes halogenated alkanes) is 1. The average molecular weight is 313 g/mol. The molecule has 2 unspecified atom stereocenters. The maximum absolute atomic E-state index is 5.15. The van der Waals surface area contributed by atoms with Crippen LogP contribution in [0.2, 0.25) is 0 Å². The van der Waals surface area contributed by atoms with Gasteiger partial charge >= 0.3 is 0 Å². The lowest BCUT2D eigenvalue weighted by Crippen LogP contribution is -2.44. The maximum atomic E-state index is 5.15. The van der Waals surface area contributed by atoms with Gasteiger partial charge < -0.3 is 20.3 Å². The van der Waals surface area contributed by atoms with Crippen LogP contribution in [-0.2, 0) is 4.74 Å². The van der Waals surface area contributed by atoms with Crippen LogP contribution in [0.4, 0.5) is 0 Å². The second kappa shape index (κ2) is 11.7. The molecule has 1 aliphatic heterocycles. The van der Waals surface area contributed by atoms with Crippen molar-refractivity contribution < 1.29 is 4.74 Å². The second-order valence-corrected chi connectivity index (χ2v) is 6.35. The number of rotatable bonds is 9. The van der Waals surface area contributed by atoms with Crippen molar-refractivity contribution in [3.63, 3.8) is 0 Å². The molecule has 22 heavy (non-hydrogen) atoms. The highest BCUT2D eigenvalue weighted by molar-refractivity contribution is 5.80. The van der Waals surface area contributed by atoms with E-state index in [-0.39, 0.29) is 6.04 Å². The Balaban J connectivity index is 2.22.